The topological polar surface area (TPSA) is 55.8 Å². The van der Waals surface area contributed by atoms with Crippen molar-refractivity contribution in [1.29, 1.82) is 0 Å². The second kappa shape index (κ2) is 8.65. The van der Waals surface area contributed by atoms with Gasteiger partial charge in [0.15, 0.2) is 17.3 Å². The first kappa shape index (κ1) is 19.5. The van der Waals surface area contributed by atoms with Gasteiger partial charge in [-0.25, -0.2) is 0 Å². The van der Waals surface area contributed by atoms with Crippen LogP contribution in [0.3, 0.4) is 0 Å². The Balaban J connectivity index is 1.70. The third-order valence-corrected chi connectivity index (χ3v) is 4.37. The average Bonchev–Trinajstić information content (AvgIpc) is 3.12. The second-order valence-electron chi connectivity index (χ2n) is 6.18. The molecule has 2 aromatic carbocycles. The molecule has 0 aliphatic carbocycles. The van der Waals surface area contributed by atoms with Crippen LogP contribution in [0.1, 0.15) is 28.8 Å². The number of ketones is 1. The zero-order chi connectivity index (χ0) is 20.1. The lowest BCUT2D eigenvalue weighted by Crippen LogP contribution is -2.23. The number of carbonyl (C=O) groups is 2. The van der Waals surface area contributed by atoms with Gasteiger partial charge in [-0.3, -0.25) is 9.59 Å². The number of halogens is 2. The number of nitrogens with zero attached hydrogens (tertiary/aromatic N) is 1. The number of methoxy groups -OCH3 is 1. The zero-order valence-corrected chi connectivity index (χ0v) is 15.2. The molecule has 2 aromatic rings. The maximum Gasteiger partial charge on any atom is 0.387 e. The molecule has 1 aliphatic rings. The molecule has 146 valence electrons. The molecule has 0 spiro atoms. The first-order valence-electron chi connectivity index (χ1n) is 8.73. The highest BCUT2D eigenvalue weighted by atomic mass is 19.3. The highest BCUT2D eigenvalue weighted by Crippen LogP contribution is 2.30. The third kappa shape index (κ3) is 4.54. The number of rotatable bonds is 7. The van der Waals surface area contributed by atoms with Crippen LogP contribution in [-0.4, -0.2) is 32.0 Å². The van der Waals surface area contributed by atoms with Gasteiger partial charge in [-0.05, 0) is 54.5 Å². The molecule has 3 rings (SSSR count). The van der Waals surface area contributed by atoms with Gasteiger partial charge in [0.2, 0.25) is 5.91 Å². The molecule has 28 heavy (non-hydrogen) atoms. The van der Waals surface area contributed by atoms with Crippen molar-refractivity contribution in [1.82, 2.24) is 0 Å². The first-order valence-corrected chi connectivity index (χ1v) is 8.73. The Kier molecular flexibility index (Phi) is 6.03. The molecule has 1 amide bonds. The number of amides is 1. The Hall–Kier alpha value is -3.22. The van der Waals surface area contributed by atoms with Crippen LogP contribution >= 0.6 is 0 Å². The molecular formula is C21H19F2NO4. The minimum Gasteiger partial charge on any atom is -0.493 e. The predicted octanol–water partition coefficient (Wildman–Crippen LogP) is 4.32. The number of benzene rings is 2. The summed E-state index contributed by atoms with van der Waals surface area (Å²) in [6.45, 7) is -2.25. The zero-order valence-electron chi connectivity index (χ0n) is 15.2. The van der Waals surface area contributed by atoms with Crippen LogP contribution in [0.25, 0.3) is 6.08 Å². The first-order chi connectivity index (χ1) is 13.5. The number of ether oxygens (including phenoxy) is 2. The van der Waals surface area contributed by atoms with E-state index < -0.39 is 6.61 Å². The number of anilines is 1. The lowest BCUT2D eigenvalue weighted by atomic mass is 10.1. The van der Waals surface area contributed by atoms with Crippen molar-refractivity contribution in [3.63, 3.8) is 0 Å². The van der Waals surface area contributed by atoms with Crippen LogP contribution < -0.4 is 14.4 Å². The Morgan fingerprint density at radius 2 is 1.89 bits per heavy atom. The normalized spacial score (nSPS) is 14.1. The number of carbonyl (C=O) groups excluding carboxylic acids is 2. The number of alkyl halides is 2. The van der Waals surface area contributed by atoms with Gasteiger partial charge in [-0.15, -0.1) is 0 Å². The van der Waals surface area contributed by atoms with Gasteiger partial charge in [0.05, 0.1) is 7.11 Å². The molecule has 0 atom stereocenters. The van der Waals surface area contributed by atoms with Crippen molar-refractivity contribution in [3.8, 4) is 11.5 Å². The Morgan fingerprint density at radius 1 is 1.14 bits per heavy atom. The number of allylic oxidation sites excluding steroid dienone is 1. The summed E-state index contributed by atoms with van der Waals surface area (Å²) in [6.07, 6.45) is 4.34. The van der Waals surface area contributed by atoms with Crippen molar-refractivity contribution in [2.24, 2.45) is 0 Å². The molecule has 1 aliphatic heterocycles. The Morgan fingerprint density at radius 3 is 2.50 bits per heavy atom. The lowest BCUT2D eigenvalue weighted by molar-refractivity contribution is -0.117. The monoisotopic (exact) mass is 387 g/mol. The summed E-state index contributed by atoms with van der Waals surface area (Å²) in [4.78, 5) is 25.8. The molecular weight excluding hydrogens is 368 g/mol. The van der Waals surface area contributed by atoms with E-state index in [0.717, 1.165) is 12.1 Å². The smallest absolute Gasteiger partial charge is 0.387 e. The molecule has 1 heterocycles. The van der Waals surface area contributed by atoms with E-state index in [-0.39, 0.29) is 23.2 Å². The van der Waals surface area contributed by atoms with Gasteiger partial charge in [-0.1, -0.05) is 12.1 Å². The van der Waals surface area contributed by atoms with Crippen LogP contribution in [0.5, 0.6) is 11.5 Å². The molecule has 5 nitrogen and oxygen atoms in total. The number of hydrogen-bond donors (Lipinski definition) is 0. The lowest BCUT2D eigenvalue weighted by Gasteiger charge is -2.15. The third-order valence-electron chi connectivity index (χ3n) is 4.37. The summed E-state index contributed by atoms with van der Waals surface area (Å²) in [6, 6.07) is 11.3. The van der Waals surface area contributed by atoms with Gasteiger partial charge < -0.3 is 14.4 Å². The summed E-state index contributed by atoms with van der Waals surface area (Å²) in [7, 11) is 1.35. The molecule has 1 saturated heterocycles. The second-order valence-corrected chi connectivity index (χ2v) is 6.18. The fraction of sp³-hybridized carbons (Fsp3) is 0.238. The minimum atomic E-state index is -2.95. The maximum absolute atomic E-state index is 12.4. The fourth-order valence-corrected chi connectivity index (χ4v) is 2.98. The van der Waals surface area contributed by atoms with Crippen LogP contribution in [0.2, 0.25) is 0 Å². The van der Waals surface area contributed by atoms with E-state index in [0.29, 0.717) is 24.1 Å². The van der Waals surface area contributed by atoms with E-state index in [1.807, 2.05) is 0 Å². The molecule has 0 aromatic heterocycles. The largest absolute Gasteiger partial charge is 0.493 e. The van der Waals surface area contributed by atoms with Crippen LogP contribution in [0, 0.1) is 0 Å². The summed E-state index contributed by atoms with van der Waals surface area (Å²) < 4.78 is 34.1. The van der Waals surface area contributed by atoms with Gasteiger partial charge in [0.1, 0.15) is 0 Å². The summed E-state index contributed by atoms with van der Waals surface area (Å²) in [5.41, 5.74) is 1.87. The van der Waals surface area contributed by atoms with E-state index in [1.165, 1.54) is 25.3 Å². The predicted molar refractivity (Wildman–Crippen MR) is 101 cm³/mol. The standard InChI is InChI=1S/C21H19F2NO4/c1-27-19-13-14(5-11-18(19)28-21(22)23)4-10-17(25)15-6-8-16(9-7-15)24-12-2-3-20(24)26/h4-11,13,21H,2-3,12H2,1H3/b10-4+. The fourth-order valence-electron chi connectivity index (χ4n) is 2.98. The van der Waals surface area contributed by atoms with Crippen molar-refractivity contribution >= 4 is 23.5 Å². The van der Waals surface area contributed by atoms with E-state index >= 15 is 0 Å². The van der Waals surface area contributed by atoms with Crippen molar-refractivity contribution in [2.75, 3.05) is 18.6 Å². The van der Waals surface area contributed by atoms with Gasteiger partial charge in [0.25, 0.3) is 0 Å². The van der Waals surface area contributed by atoms with Crippen LogP contribution in [0.4, 0.5) is 14.5 Å². The van der Waals surface area contributed by atoms with E-state index in [2.05, 4.69) is 4.74 Å². The molecule has 0 N–H and O–H groups in total. The Labute approximate surface area is 161 Å². The minimum absolute atomic E-state index is 0.0759. The Bertz CT molecular complexity index is 894. The van der Waals surface area contributed by atoms with E-state index in [1.54, 1.807) is 41.3 Å². The van der Waals surface area contributed by atoms with Crippen LogP contribution in [0.15, 0.2) is 48.5 Å². The molecule has 0 bridgehead atoms. The molecule has 0 unspecified atom stereocenters. The van der Waals surface area contributed by atoms with Gasteiger partial charge >= 0.3 is 6.61 Å². The molecule has 1 fully saturated rings. The highest BCUT2D eigenvalue weighted by molar-refractivity contribution is 6.07. The van der Waals surface area contributed by atoms with E-state index in [4.69, 9.17) is 4.74 Å². The molecule has 0 radical (unpaired) electrons. The van der Waals surface area contributed by atoms with E-state index in [9.17, 15) is 18.4 Å². The molecule has 0 saturated carbocycles. The maximum atomic E-state index is 12.4. The SMILES string of the molecule is COc1cc(/C=C/C(=O)c2ccc(N3CCCC3=O)cc2)ccc1OC(F)F. The van der Waals surface area contributed by atoms with Crippen molar-refractivity contribution < 1.29 is 27.8 Å². The summed E-state index contributed by atoms with van der Waals surface area (Å²) >= 11 is 0. The van der Waals surface area contributed by atoms with Crippen molar-refractivity contribution in [2.45, 2.75) is 19.5 Å². The van der Waals surface area contributed by atoms with Crippen LogP contribution in [-0.2, 0) is 4.79 Å². The molecule has 7 heteroatoms. The van der Waals surface area contributed by atoms with Crippen molar-refractivity contribution in [3.05, 3.63) is 59.7 Å². The van der Waals surface area contributed by atoms with Gasteiger partial charge in [0, 0.05) is 24.2 Å². The number of hydrogen-bond acceptors (Lipinski definition) is 4. The quantitative estimate of drug-likeness (QED) is 0.525. The van der Waals surface area contributed by atoms with Gasteiger partial charge in [-0.2, -0.15) is 8.78 Å². The summed E-state index contributed by atoms with van der Waals surface area (Å²) in [5, 5.41) is 0. The highest BCUT2D eigenvalue weighted by Gasteiger charge is 2.21. The summed E-state index contributed by atoms with van der Waals surface area (Å²) in [5.74, 6) is -0.0547. The average molecular weight is 387 g/mol.